The first-order valence-electron chi connectivity index (χ1n) is 5.76. The first kappa shape index (κ1) is 12.5. The topological polar surface area (TPSA) is 84.1 Å². The molecule has 5 nitrogen and oxygen atoms in total. The second-order valence-corrected chi connectivity index (χ2v) is 4.01. The van der Waals surface area contributed by atoms with Crippen LogP contribution in [0.3, 0.4) is 0 Å². The van der Waals surface area contributed by atoms with Gasteiger partial charge in [0.05, 0.1) is 6.10 Å². The van der Waals surface area contributed by atoms with Crippen LogP contribution in [0.1, 0.15) is 17.2 Å². The minimum atomic E-state index is -0.513. The molecule has 1 atom stereocenters. The van der Waals surface area contributed by atoms with Crippen LogP contribution in [0.5, 0.6) is 0 Å². The van der Waals surface area contributed by atoms with Gasteiger partial charge in [-0.1, -0.05) is 30.3 Å². The van der Waals surface area contributed by atoms with E-state index in [4.69, 9.17) is 5.73 Å². The Balaban J connectivity index is 1.80. The van der Waals surface area contributed by atoms with Crippen LogP contribution in [0, 0.1) is 0 Å². The quantitative estimate of drug-likeness (QED) is 0.727. The number of hydrogen-bond acceptors (Lipinski definition) is 5. The number of rotatable bonds is 5. The van der Waals surface area contributed by atoms with E-state index >= 15 is 0 Å². The van der Waals surface area contributed by atoms with Gasteiger partial charge in [-0.05, 0) is 5.56 Å². The van der Waals surface area contributed by atoms with Gasteiger partial charge in [0.2, 0.25) is 5.95 Å². The third-order valence-corrected chi connectivity index (χ3v) is 2.58. The van der Waals surface area contributed by atoms with Crippen LogP contribution in [-0.4, -0.2) is 21.6 Å². The zero-order chi connectivity index (χ0) is 12.8. The third-order valence-electron chi connectivity index (χ3n) is 2.58. The number of aliphatic hydroxyl groups is 1. The summed E-state index contributed by atoms with van der Waals surface area (Å²) in [5, 5.41) is 13.1. The van der Waals surface area contributed by atoms with Crippen LogP contribution in [-0.2, 0) is 6.54 Å². The fraction of sp³-hybridized carbons (Fsp3) is 0.231. The second kappa shape index (κ2) is 6.09. The summed E-state index contributed by atoms with van der Waals surface area (Å²) in [6.45, 7) is 1.08. The normalized spacial score (nSPS) is 12.3. The highest BCUT2D eigenvalue weighted by Gasteiger charge is 2.05. The van der Waals surface area contributed by atoms with Crippen LogP contribution in [0.4, 0.5) is 5.95 Å². The molecule has 18 heavy (non-hydrogen) atoms. The predicted molar refractivity (Wildman–Crippen MR) is 69.6 cm³/mol. The molecule has 0 unspecified atom stereocenters. The van der Waals surface area contributed by atoms with Gasteiger partial charge in [0.15, 0.2) is 0 Å². The van der Waals surface area contributed by atoms with Crippen LogP contribution in [0.2, 0.25) is 0 Å². The molecule has 0 aliphatic heterocycles. The maximum atomic E-state index is 9.93. The number of anilines is 1. The SMILES string of the molecule is Nc1ncc(CNC[C@H](O)c2ccccc2)cn1. The molecular weight excluding hydrogens is 228 g/mol. The molecule has 2 aromatic rings. The standard InChI is InChI=1S/C13H16N4O/c14-13-16-7-10(8-17-13)6-15-9-12(18)11-4-2-1-3-5-11/h1-5,7-8,12,15,18H,6,9H2,(H2,14,16,17)/t12-/m0/s1. The van der Waals surface area contributed by atoms with Gasteiger partial charge in [-0.15, -0.1) is 0 Å². The zero-order valence-corrected chi connectivity index (χ0v) is 9.95. The lowest BCUT2D eigenvalue weighted by atomic mass is 10.1. The lowest BCUT2D eigenvalue weighted by molar-refractivity contribution is 0.174. The molecule has 0 aliphatic rings. The first-order chi connectivity index (χ1) is 8.75. The maximum Gasteiger partial charge on any atom is 0.219 e. The monoisotopic (exact) mass is 244 g/mol. The molecule has 1 aromatic carbocycles. The number of nitrogens with two attached hydrogens (primary N) is 1. The molecule has 0 radical (unpaired) electrons. The van der Waals surface area contributed by atoms with Gasteiger partial charge in [-0.25, -0.2) is 9.97 Å². The van der Waals surface area contributed by atoms with E-state index in [0.29, 0.717) is 13.1 Å². The molecule has 0 saturated carbocycles. The molecular formula is C13H16N4O. The van der Waals surface area contributed by atoms with Crippen molar-refractivity contribution in [2.24, 2.45) is 0 Å². The molecule has 5 heteroatoms. The molecule has 94 valence electrons. The lowest BCUT2D eigenvalue weighted by Crippen LogP contribution is -2.21. The van der Waals surface area contributed by atoms with Gasteiger partial charge in [0.1, 0.15) is 0 Å². The molecule has 0 spiro atoms. The Morgan fingerprint density at radius 3 is 2.50 bits per heavy atom. The number of nitrogen functional groups attached to an aromatic ring is 1. The molecule has 0 saturated heterocycles. The minimum Gasteiger partial charge on any atom is -0.387 e. The number of hydrogen-bond donors (Lipinski definition) is 3. The average molecular weight is 244 g/mol. The molecule has 0 fully saturated rings. The second-order valence-electron chi connectivity index (χ2n) is 4.01. The van der Waals surface area contributed by atoms with Gasteiger partial charge in [-0.3, -0.25) is 0 Å². The largest absolute Gasteiger partial charge is 0.387 e. The van der Waals surface area contributed by atoms with Gasteiger partial charge in [-0.2, -0.15) is 0 Å². The summed E-state index contributed by atoms with van der Waals surface area (Å²) in [5.41, 5.74) is 7.23. The highest BCUT2D eigenvalue weighted by Crippen LogP contribution is 2.10. The van der Waals surface area contributed by atoms with E-state index in [-0.39, 0.29) is 5.95 Å². The molecule has 0 amide bonds. The van der Waals surface area contributed by atoms with Gasteiger partial charge < -0.3 is 16.2 Å². The van der Waals surface area contributed by atoms with Crippen molar-refractivity contribution in [1.29, 1.82) is 0 Å². The van der Waals surface area contributed by atoms with E-state index in [9.17, 15) is 5.11 Å². The van der Waals surface area contributed by atoms with E-state index in [2.05, 4.69) is 15.3 Å². The van der Waals surface area contributed by atoms with Crippen LogP contribution < -0.4 is 11.1 Å². The molecule has 2 rings (SSSR count). The Morgan fingerprint density at radius 1 is 1.17 bits per heavy atom. The van der Waals surface area contributed by atoms with Crippen molar-refractivity contribution < 1.29 is 5.11 Å². The summed E-state index contributed by atoms with van der Waals surface area (Å²) in [6.07, 6.45) is 2.83. The Kier molecular flexibility index (Phi) is 4.22. The van der Waals surface area contributed by atoms with Crippen LogP contribution in [0.15, 0.2) is 42.7 Å². The van der Waals surface area contributed by atoms with Crippen molar-refractivity contribution >= 4 is 5.95 Å². The Morgan fingerprint density at radius 2 is 1.83 bits per heavy atom. The van der Waals surface area contributed by atoms with Crippen LogP contribution >= 0.6 is 0 Å². The summed E-state index contributed by atoms with van der Waals surface area (Å²) in [4.78, 5) is 7.80. The van der Waals surface area contributed by atoms with Gasteiger partial charge in [0.25, 0.3) is 0 Å². The van der Waals surface area contributed by atoms with E-state index in [1.165, 1.54) is 0 Å². The number of aromatic nitrogens is 2. The minimum absolute atomic E-state index is 0.267. The zero-order valence-electron chi connectivity index (χ0n) is 9.95. The van der Waals surface area contributed by atoms with E-state index < -0.39 is 6.10 Å². The maximum absolute atomic E-state index is 9.93. The average Bonchev–Trinajstić information content (AvgIpc) is 2.42. The van der Waals surface area contributed by atoms with E-state index in [1.807, 2.05) is 30.3 Å². The van der Waals surface area contributed by atoms with Gasteiger partial charge >= 0.3 is 0 Å². The van der Waals surface area contributed by atoms with Gasteiger partial charge in [0, 0.05) is 31.0 Å². The van der Waals surface area contributed by atoms with Crippen molar-refractivity contribution in [3.8, 4) is 0 Å². The Labute approximate surface area is 106 Å². The van der Waals surface area contributed by atoms with E-state index in [0.717, 1.165) is 11.1 Å². The van der Waals surface area contributed by atoms with Crippen molar-refractivity contribution in [2.75, 3.05) is 12.3 Å². The van der Waals surface area contributed by atoms with Crippen molar-refractivity contribution in [2.45, 2.75) is 12.6 Å². The van der Waals surface area contributed by atoms with E-state index in [1.54, 1.807) is 12.4 Å². The van der Waals surface area contributed by atoms with Crippen molar-refractivity contribution in [3.63, 3.8) is 0 Å². The number of benzene rings is 1. The number of nitrogens with zero attached hydrogens (tertiary/aromatic N) is 2. The summed E-state index contributed by atoms with van der Waals surface area (Å²) >= 11 is 0. The fourth-order valence-corrected chi connectivity index (χ4v) is 1.60. The highest BCUT2D eigenvalue weighted by molar-refractivity contribution is 5.18. The molecule has 1 aromatic heterocycles. The Bertz CT molecular complexity index is 472. The lowest BCUT2D eigenvalue weighted by Gasteiger charge is -2.11. The van der Waals surface area contributed by atoms with Crippen LogP contribution in [0.25, 0.3) is 0 Å². The fourth-order valence-electron chi connectivity index (χ4n) is 1.60. The summed E-state index contributed by atoms with van der Waals surface area (Å²) < 4.78 is 0. The smallest absolute Gasteiger partial charge is 0.219 e. The summed E-state index contributed by atoms with van der Waals surface area (Å²) in [7, 11) is 0. The summed E-state index contributed by atoms with van der Waals surface area (Å²) in [5.74, 6) is 0.267. The molecule has 1 heterocycles. The molecule has 4 N–H and O–H groups in total. The van der Waals surface area contributed by atoms with Crippen molar-refractivity contribution in [1.82, 2.24) is 15.3 Å². The number of aliphatic hydroxyl groups excluding tert-OH is 1. The number of nitrogens with one attached hydrogen (secondary N) is 1. The summed E-state index contributed by atoms with van der Waals surface area (Å²) in [6, 6.07) is 9.55. The Hall–Kier alpha value is -1.98. The molecule has 0 aliphatic carbocycles. The highest BCUT2D eigenvalue weighted by atomic mass is 16.3. The first-order valence-corrected chi connectivity index (χ1v) is 5.76. The third kappa shape index (κ3) is 3.51. The molecule has 0 bridgehead atoms. The predicted octanol–water partition coefficient (Wildman–Crippen LogP) is 0.882. The van der Waals surface area contributed by atoms with Crippen molar-refractivity contribution in [3.05, 3.63) is 53.9 Å².